The lowest BCUT2D eigenvalue weighted by molar-refractivity contribution is -0.386. The van der Waals surface area contributed by atoms with Crippen LogP contribution in [0.15, 0.2) is 24.5 Å². The van der Waals surface area contributed by atoms with E-state index in [4.69, 9.17) is 0 Å². The topological polar surface area (TPSA) is 117 Å². The largest absolute Gasteiger partial charge is 0.334 e. The summed E-state index contributed by atoms with van der Waals surface area (Å²) in [5, 5.41) is 23.6. The molecule has 0 saturated heterocycles. The normalized spacial score (nSPS) is 11.0. The Kier molecular flexibility index (Phi) is 4.75. The molecule has 3 rings (SSSR count). The lowest BCUT2D eigenvalue weighted by Crippen LogP contribution is -2.27. The number of nitro groups is 1. The highest BCUT2D eigenvalue weighted by molar-refractivity contribution is 5.91. The highest BCUT2D eigenvalue weighted by atomic mass is 16.6. The van der Waals surface area contributed by atoms with E-state index in [0.717, 1.165) is 5.69 Å². The number of nitrogens with zero attached hydrogens (tertiary/aromatic N) is 8. The van der Waals surface area contributed by atoms with Gasteiger partial charge in [0.2, 0.25) is 0 Å². The van der Waals surface area contributed by atoms with Crippen LogP contribution in [-0.2, 0) is 20.3 Å². The quantitative estimate of drug-likeness (QED) is 0.473. The second-order valence-electron chi connectivity index (χ2n) is 6.27. The SMILES string of the molecule is Cc1nn(Cn2ccc(C(=O)N(C)Cc3ccnn3C)n2)c(C)c1[N+](=O)[O-]. The molecule has 0 aliphatic rings. The number of aryl methyl sites for hydroxylation is 2. The van der Waals surface area contributed by atoms with Crippen molar-refractivity contribution in [3.8, 4) is 0 Å². The second kappa shape index (κ2) is 7.02. The molecule has 0 bridgehead atoms. The van der Waals surface area contributed by atoms with Crippen molar-refractivity contribution < 1.29 is 9.72 Å². The molecule has 3 aromatic rings. The summed E-state index contributed by atoms with van der Waals surface area (Å²) in [6.45, 7) is 3.81. The van der Waals surface area contributed by atoms with Gasteiger partial charge in [-0.15, -0.1) is 0 Å². The van der Waals surface area contributed by atoms with E-state index in [1.165, 1.54) is 9.36 Å². The molecule has 3 heterocycles. The molecule has 142 valence electrons. The highest BCUT2D eigenvalue weighted by Gasteiger charge is 2.22. The van der Waals surface area contributed by atoms with Crippen molar-refractivity contribution in [1.29, 1.82) is 0 Å². The van der Waals surface area contributed by atoms with Crippen LogP contribution in [0.3, 0.4) is 0 Å². The average Bonchev–Trinajstić information content (AvgIpc) is 3.29. The number of amides is 1. The van der Waals surface area contributed by atoms with Crippen molar-refractivity contribution in [2.45, 2.75) is 27.1 Å². The Bertz CT molecular complexity index is 999. The van der Waals surface area contributed by atoms with E-state index < -0.39 is 4.92 Å². The van der Waals surface area contributed by atoms with Crippen molar-refractivity contribution in [3.63, 3.8) is 0 Å². The Morgan fingerprint density at radius 1 is 1.30 bits per heavy atom. The predicted octanol–water partition coefficient (Wildman–Crippen LogP) is 1.12. The summed E-state index contributed by atoms with van der Waals surface area (Å²) >= 11 is 0. The van der Waals surface area contributed by atoms with Gasteiger partial charge in [0, 0.05) is 26.5 Å². The first-order valence-electron chi connectivity index (χ1n) is 8.22. The molecule has 0 N–H and O–H groups in total. The van der Waals surface area contributed by atoms with Gasteiger partial charge in [-0.1, -0.05) is 0 Å². The molecule has 0 aliphatic heterocycles. The molecule has 0 radical (unpaired) electrons. The Morgan fingerprint density at radius 3 is 2.63 bits per heavy atom. The molecule has 3 aromatic heterocycles. The highest BCUT2D eigenvalue weighted by Crippen LogP contribution is 2.21. The minimum absolute atomic E-state index is 0.00522. The fourth-order valence-corrected chi connectivity index (χ4v) is 2.85. The van der Waals surface area contributed by atoms with Gasteiger partial charge < -0.3 is 4.90 Å². The van der Waals surface area contributed by atoms with Crippen LogP contribution in [0.1, 0.15) is 27.6 Å². The van der Waals surface area contributed by atoms with Gasteiger partial charge in [0.25, 0.3) is 5.91 Å². The van der Waals surface area contributed by atoms with Crippen molar-refractivity contribution in [2.75, 3.05) is 7.05 Å². The Balaban J connectivity index is 1.73. The monoisotopic (exact) mass is 372 g/mol. The van der Waals surface area contributed by atoms with Crippen LogP contribution in [-0.4, -0.2) is 52.1 Å². The molecule has 0 aliphatic carbocycles. The molecule has 0 saturated carbocycles. The number of hydrogen-bond acceptors (Lipinski definition) is 6. The molecule has 0 aromatic carbocycles. The van der Waals surface area contributed by atoms with Crippen LogP contribution in [0.2, 0.25) is 0 Å². The number of hydrogen-bond donors (Lipinski definition) is 0. The number of rotatable bonds is 6. The van der Waals surface area contributed by atoms with E-state index in [0.29, 0.717) is 17.9 Å². The molecule has 11 nitrogen and oxygen atoms in total. The first-order chi connectivity index (χ1) is 12.8. The maximum absolute atomic E-state index is 12.6. The lowest BCUT2D eigenvalue weighted by atomic mass is 10.3. The van der Waals surface area contributed by atoms with E-state index in [-0.39, 0.29) is 24.0 Å². The number of carbonyl (C=O) groups excluding carboxylic acids is 1. The molecule has 0 fully saturated rings. The third-order valence-electron chi connectivity index (χ3n) is 4.33. The molecular weight excluding hydrogens is 352 g/mol. The molecule has 27 heavy (non-hydrogen) atoms. The van der Waals surface area contributed by atoms with Crippen LogP contribution in [0.5, 0.6) is 0 Å². The van der Waals surface area contributed by atoms with Gasteiger partial charge in [0.15, 0.2) is 0 Å². The van der Waals surface area contributed by atoms with Gasteiger partial charge in [-0.2, -0.15) is 15.3 Å². The average molecular weight is 372 g/mol. The standard InChI is InChI=1S/C16H20N8O3/c1-11-15(24(26)27)12(2)23(18-11)10-22-8-6-14(19-22)16(25)20(3)9-13-5-7-17-21(13)4/h5-8H,9-10H2,1-4H3. The Hall–Kier alpha value is -3.50. The minimum Gasteiger partial charge on any atom is -0.334 e. The summed E-state index contributed by atoms with van der Waals surface area (Å²) in [6, 6.07) is 3.46. The van der Waals surface area contributed by atoms with Crippen LogP contribution in [0, 0.1) is 24.0 Å². The van der Waals surface area contributed by atoms with E-state index >= 15 is 0 Å². The zero-order valence-electron chi connectivity index (χ0n) is 15.5. The van der Waals surface area contributed by atoms with Gasteiger partial charge in [-0.05, 0) is 26.0 Å². The lowest BCUT2D eigenvalue weighted by Gasteiger charge is -2.15. The van der Waals surface area contributed by atoms with E-state index in [2.05, 4.69) is 15.3 Å². The van der Waals surface area contributed by atoms with Crippen molar-refractivity contribution in [3.05, 3.63) is 57.4 Å². The number of aromatic nitrogens is 6. The smallest absolute Gasteiger partial charge is 0.312 e. The first-order valence-corrected chi connectivity index (χ1v) is 8.22. The third-order valence-corrected chi connectivity index (χ3v) is 4.33. The third kappa shape index (κ3) is 3.57. The van der Waals surface area contributed by atoms with Crippen molar-refractivity contribution in [1.82, 2.24) is 34.2 Å². The van der Waals surface area contributed by atoms with Crippen LogP contribution in [0.4, 0.5) is 5.69 Å². The molecule has 0 atom stereocenters. The van der Waals surface area contributed by atoms with E-state index in [1.807, 2.05) is 13.1 Å². The fourth-order valence-electron chi connectivity index (χ4n) is 2.85. The van der Waals surface area contributed by atoms with Crippen molar-refractivity contribution >= 4 is 11.6 Å². The van der Waals surface area contributed by atoms with Crippen LogP contribution < -0.4 is 0 Å². The molecule has 0 spiro atoms. The van der Waals surface area contributed by atoms with E-state index in [9.17, 15) is 14.9 Å². The fraction of sp³-hybridized carbons (Fsp3) is 0.375. The molecule has 11 heteroatoms. The van der Waals surface area contributed by atoms with Gasteiger partial charge in [-0.25, -0.2) is 4.68 Å². The summed E-state index contributed by atoms with van der Waals surface area (Å²) in [7, 11) is 3.51. The molecule has 1 amide bonds. The molecular formula is C16H20N8O3. The minimum atomic E-state index is -0.445. The van der Waals surface area contributed by atoms with Crippen LogP contribution >= 0.6 is 0 Å². The van der Waals surface area contributed by atoms with Gasteiger partial charge >= 0.3 is 5.69 Å². The maximum Gasteiger partial charge on any atom is 0.312 e. The predicted molar refractivity (Wildman–Crippen MR) is 95.0 cm³/mol. The maximum atomic E-state index is 12.6. The first kappa shape index (κ1) is 18.3. The summed E-state index contributed by atoms with van der Waals surface area (Å²) in [5.41, 5.74) is 1.97. The zero-order chi connectivity index (χ0) is 19.7. The van der Waals surface area contributed by atoms with Crippen LogP contribution in [0.25, 0.3) is 0 Å². The summed E-state index contributed by atoms with van der Waals surface area (Å²) in [5.74, 6) is -0.228. The Morgan fingerprint density at radius 2 is 2.04 bits per heavy atom. The second-order valence-corrected chi connectivity index (χ2v) is 6.27. The summed E-state index contributed by atoms with van der Waals surface area (Å²) in [4.78, 5) is 24.8. The Labute approximate surface area is 154 Å². The summed E-state index contributed by atoms with van der Waals surface area (Å²) < 4.78 is 4.72. The van der Waals surface area contributed by atoms with Gasteiger partial charge in [-0.3, -0.25) is 24.3 Å². The number of carbonyl (C=O) groups is 1. The van der Waals surface area contributed by atoms with Gasteiger partial charge in [0.1, 0.15) is 23.8 Å². The molecule has 0 unspecified atom stereocenters. The zero-order valence-corrected chi connectivity index (χ0v) is 15.5. The van der Waals surface area contributed by atoms with Crippen molar-refractivity contribution in [2.24, 2.45) is 7.05 Å². The van der Waals surface area contributed by atoms with E-state index in [1.54, 1.807) is 48.9 Å². The van der Waals surface area contributed by atoms with Gasteiger partial charge in [0.05, 0.1) is 17.2 Å². The summed E-state index contributed by atoms with van der Waals surface area (Å²) in [6.07, 6.45) is 3.32.